The summed E-state index contributed by atoms with van der Waals surface area (Å²) in [6.07, 6.45) is 2.69. The molecule has 1 aliphatic heterocycles. The van der Waals surface area contributed by atoms with E-state index in [9.17, 15) is 4.79 Å². The molecule has 2 aromatic carbocycles. The number of benzene rings is 2. The molecule has 1 fully saturated rings. The summed E-state index contributed by atoms with van der Waals surface area (Å²) in [6.45, 7) is 2.55. The molecule has 3 rings (SSSR count). The molecule has 0 bridgehead atoms. The lowest BCUT2D eigenvalue weighted by Crippen LogP contribution is -2.16. The molecule has 1 saturated heterocycles. The minimum atomic E-state index is 0.0778. The molecule has 126 valence electrons. The first-order valence-electron chi connectivity index (χ1n) is 8.57. The Balaban J connectivity index is 1.54. The zero-order chi connectivity index (χ0) is 16.6. The van der Waals surface area contributed by atoms with Crippen molar-refractivity contribution in [2.45, 2.75) is 25.9 Å². The summed E-state index contributed by atoms with van der Waals surface area (Å²) in [7, 11) is 0. The first-order chi connectivity index (χ1) is 11.8. The molecular formula is C20H24N2O2. The number of ether oxygens (including phenoxy) is 1. The first-order valence-corrected chi connectivity index (χ1v) is 8.57. The number of amides is 1. The molecule has 2 aromatic rings. The average molecular weight is 324 g/mol. The van der Waals surface area contributed by atoms with Crippen molar-refractivity contribution in [2.75, 3.05) is 18.4 Å². The second-order valence-electron chi connectivity index (χ2n) is 6.20. The molecule has 4 nitrogen and oxygen atoms in total. The summed E-state index contributed by atoms with van der Waals surface area (Å²) in [6, 6.07) is 17.5. The summed E-state index contributed by atoms with van der Waals surface area (Å²) in [4.78, 5) is 12.2. The maximum atomic E-state index is 12.2. The predicted molar refractivity (Wildman–Crippen MR) is 96.1 cm³/mol. The van der Waals surface area contributed by atoms with Gasteiger partial charge in [0.2, 0.25) is 5.91 Å². The van der Waals surface area contributed by atoms with Crippen LogP contribution < -0.4 is 15.4 Å². The number of anilines is 1. The standard InChI is InChI=1S/C20H24N2O2/c23-20(11-10-16-12-13-21-14-16)22-19-9-5-4-6-17(19)15-24-18-7-2-1-3-8-18/h1-9,16,21H,10-15H2,(H,22,23). The summed E-state index contributed by atoms with van der Waals surface area (Å²) >= 11 is 0. The van der Waals surface area contributed by atoms with Gasteiger partial charge in [0, 0.05) is 17.7 Å². The van der Waals surface area contributed by atoms with Gasteiger partial charge in [0.05, 0.1) is 0 Å². The number of para-hydroxylation sites is 2. The molecule has 24 heavy (non-hydrogen) atoms. The van der Waals surface area contributed by atoms with Crippen molar-refractivity contribution < 1.29 is 9.53 Å². The number of nitrogens with one attached hydrogen (secondary N) is 2. The van der Waals surface area contributed by atoms with Crippen molar-refractivity contribution in [1.29, 1.82) is 0 Å². The highest BCUT2D eigenvalue weighted by Crippen LogP contribution is 2.20. The molecule has 0 radical (unpaired) electrons. The second-order valence-corrected chi connectivity index (χ2v) is 6.20. The van der Waals surface area contributed by atoms with Crippen molar-refractivity contribution in [3.63, 3.8) is 0 Å². The molecule has 1 aliphatic rings. The summed E-state index contributed by atoms with van der Waals surface area (Å²) in [5.41, 5.74) is 1.82. The predicted octanol–water partition coefficient (Wildman–Crippen LogP) is 3.59. The topological polar surface area (TPSA) is 50.4 Å². The van der Waals surface area contributed by atoms with Gasteiger partial charge in [-0.25, -0.2) is 0 Å². The Morgan fingerprint density at radius 3 is 2.71 bits per heavy atom. The summed E-state index contributed by atoms with van der Waals surface area (Å²) in [5.74, 6) is 1.54. The van der Waals surface area contributed by atoms with E-state index in [0.29, 0.717) is 18.9 Å². The lowest BCUT2D eigenvalue weighted by atomic mass is 10.0. The van der Waals surface area contributed by atoms with E-state index in [1.54, 1.807) is 0 Å². The molecule has 1 unspecified atom stereocenters. The molecule has 1 heterocycles. The molecule has 1 amide bonds. The zero-order valence-corrected chi connectivity index (χ0v) is 13.8. The Bertz CT molecular complexity index is 652. The molecule has 4 heteroatoms. The maximum Gasteiger partial charge on any atom is 0.224 e. The monoisotopic (exact) mass is 324 g/mol. The molecule has 0 aromatic heterocycles. The van der Waals surface area contributed by atoms with Gasteiger partial charge in [-0.15, -0.1) is 0 Å². The van der Waals surface area contributed by atoms with Crippen LogP contribution in [0.3, 0.4) is 0 Å². The Morgan fingerprint density at radius 2 is 1.92 bits per heavy atom. The van der Waals surface area contributed by atoms with Gasteiger partial charge >= 0.3 is 0 Å². The van der Waals surface area contributed by atoms with Crippen LogP contribution in [0.5, 0.6) is 5.75 Å². The number of carbonyl (C=O) groups is 1. The van der Waals surface area contributed by atoms with E-state index in [1.165, 1.54) is 6.42 Å². The van der Waals surface area contributed by atoms with Crippen LogP contribution in [0, 0.1) is 5.92 Å². The van der Waals surface area contributed by atoms with E-state index < -0.39 is 0 Å². The van der Waals surface area contributed by atoms with Gasteiger partial charge in [0.25, 0.3) is 0 Å². The molecule has 1 atom stereocenters. The molecule has 0 spiro atoms. The SMILES string of the molecule is O=C(CCC1CCNC1)Nc1ccccc1COc1ccccc1. The maximum absolute atomic E-state index is 12.2. The van der Waals surface area contributed by atoms with Crippen LogP contribution in [0.25, 0.3) is 0 Å². The van der Waals surface area contributed by atoms with Crippen LogP contribution in [0.4, 0.5) is 5.69 Å². The average Bonchev–Trinajstić information content (AvgIpc) is 3.14. The Labute approximate surface area is 143 Å². The van der Waals surface area contributed by atoms with Crippen LogP contribution in [0.15, 0.2) is 54.6 Å². The van der Waals surface area contributed by atoms with Crippen LogP contribution in [-0.2, 0) is 11.4 Å². The third-order valence-corrected chi connectivity index (χ3v) is 4.37. The van der Waals surface area contributed by atoms with Crippen molar-refractivity contribution >= 4 is 11.6 Å². The number of rotatable bonds is 7. The van der Waals surface area contributed by atoms with E-state index in [0.717, 1.165) is 36.5 Å². The Morgan fingerprint density at radius 1 is 1.12 bits per heavy atom. The molecular weight excluding hydrogens is 300 g/mol. The van der Waals surface area contributed by atoms with Gasteiger partial charge < -0.3 is 15.4 Å². The summed E-state index contributed by atoms with van der Waals surface area (Å²) < 4.78 is 5.80. The quantitative estimate of drug-likeness (QED) is 0.818. The van der Waals surface area contributed by atoms with Crippen LogP contribution >= 0.6 is 0 Å². The van der Waals surface area contributed by atoms with E-state index in [4.69, 9.17) is 4.74 Å². The molecule has 0 saturated carbocycles. The van der Waals surface area contributed by atoms with Gasteiger partial charge in [-0.3, -0.25) is 4.79 Å². The highest BCUT2D eigenvalue weighted by Gasteiger charge is 2.16. The van der Waals surface area contributed by atoms with Gasteiger partial charge in [-0.05, 0) is 50.0 Å². The van der Waals surface area contributed by atoms with Crippen LogP contribution in [0.1, 0.15) is 24.8 Å². The van der Waals surface area contributed by atoms with Crippen LogP contribution in [0.2, 0.25) is 0 Å². The van der Waals surface area contributed by atoms with Crippen LogP contribution in [-0.4, -0.2) is 19.0 Å². The third kappa shape index (κ3) is 4.83. The molecule has 2 N–H and O–H groups in total. The van der Waals surface area contributed by atoms with Crippen molar-refractivity contribution in [3.8, 4) is 5.75 Å². The van der Waals surface area contributed by atoms with E-state index >= 15 is 0 Å². The number of hydrogen-bond donors (Lipinski definition) is 2. The lowest BCUT2D eigenvalue weighted by Gasteiger charge is -2.13. The van der Waals surface area contributed by atoms with Gasteiger partial charge in [0.15, 0.2) is 0 Å². The fourth-order valence-corrected chi connectivity index (χ4v) is 2.95. The molecule has 0 aliphatic carbocycles. The van der Waals surface area contributed by atoms with Crippen molar-refractivity contribution in [2.24, 2.45) is 5.92 Å². The smallest absolute Gasteiger partial charge is 0.224 e. The highest BCUT2D eigenvalue weighted by molar-refractivity contribution is 5.91. The van der Waals surface area contributed by atoms with Gasteiger partial charge in [0.1, 0.15) is 12.4 Å². The van der Waals surface area contributed by atoms with Crippen molar-refractivity contribution in [3.05, 3.63) is 60.2 Å². The largest absolute Gasteiger partial charge is 0.489 e. The highest BCUT2D eigenvalue weighted by atomic mass is 16.5. The van der Waals surface area contributed by atoms with Crippen molar-refractivity contribution in [1.82, 2.24) is 5.32 Å². The fourth-order valence-electron chi connectivity index (χ4n) is 2.95. The Hall–Kier alpha value is -2.33. The van der Waals surface area contributed by atoms with E-state index in [2.05, 4.69) is 10.6 Å². The fraction of sp³-hybridized carbons (Fsp3) is 0.350. The summed E-state index contributed by atoms with van der Waals surface area (Å²) in [5, 5.41) is 6.37. The zero-order valence-electron chi connectivity index (χ0n) is 13.8. The minimum Gasteiger partial charge on any atom is -0.489 e. The normalized spacial score (nSPS) is 16.8. The number of carbonyl (C=O) groups excluding carboxylic acids is 1. The van der Waals surface area contributed by atoms with Gasteiger partial charge in [-0.2, -0.15) is 0 Å². The third-order valence-electron chi connectivity index (χ3n) is 4.37. The Kier molecular flexibility index (Phi) is 5.85. The second kappa shape index (κ2) is 8.50. The minimum absolute atomic E-state index is 0.0778. The lowest BCUT2D eigenvalue weighted by molar-refractivity contribution is -0.116. The first kappa shape index (κ1) is 16.5. The van der Waals surface area contributed by atoms with E-state index in [-0.39, 0.29) is 5.91 Å². The van der Waals surface area contributed by atoms with E-state index in [1.807, 2.05) is 54.6 Å². The van der Waals surface area contributed by atoms with Gasteiger partial charge in [-0.1, -0.05) is 36.4 Å². The number of hydrogen-bond acceptors (Lipinski definition) is 3.